The number of nitrogens with zero attached hydrogens (tertiary/aromatic N) is 2. The van der Waals surface area contributed by atoms with Crippen molar-refractivity contribution in [2.75, 3.05) is 6.61 Å². The third kappa shape index (κ3) is 1.99. The maximum Gasteiger partial charge on any atom is 0.437 e. The number of aliphatic hydroxyl groups is 1. The smallest absolute Gasteiger partial charge is 0.437 e. The van der Waals surface area contributed by atoms with Crippen LogP contribution in [0.4, 0.5) is 0 Å². The van der Waals surface area contributed by atoms with E-state index >= 15 is 0 Å². The Morgan fingerprint density at radius 3 is 3.07 bits per heavy atom. The molecule has 1 N–H and O–H groups in total. The van der Waals surface area contributed by atoms with Crippen LogP contribution in [-0.4, -0.2) is 21.5 Å². The van der Waals surface area contributed by atoms with Crippen LogP contribution >= 0.6 is 0 Å². The van der Waals surface area contributed by atoms with Gasteiger partial charge < -0.3 is 13.9 Å². The van der Waals surface area contributed by atoms with Crippen LogP contribution in [-0.2, 0) is 6.54 Å². The molecular formula is C9H10N2O4. The van der Waals surface area contributed by atoms with E-state index in [1.165, 1.54) is 6.26 Å². The van der Waals surface area contributed by atoms with Crippen molar-refractivity contribution < 1.29 is 13.9 Å². The summed E-state index contributed by atoms with van der Waals surface area (Å²) in [6.07, 6.45) is 1.94. The number of furan rings is 1. The summed E-state index contributed by atoms with van der Waals surface area (Å²) in [6.45, 7) is 0.342. The van der Waals surface area contributed by atoms with Gasteiger partial charge in [0.25, 0.3) is 5.89 Å². The normalized spacial score (nSPS) is 10.7. The Morgan fingerprint density at radius 2 is 2.40 bits per heavy atom. The topological polar surface area (TPSA) is 81.4 Å². The zero-order valence-corrected chi connectivity index (χ0v) is 7.92. The van der Waals surface area contributed by atoms with E-state index in [-0.39, 0.29) is 12.5 Å². The fraction of sp³-hybridized carbons (Fsp3) is 0.333. The third-order valence-electron chi connectivity index (χ3n) is 1.87. The maximum atomic E-state index is 11.3. The van der Waals surface area contributed by atoms with Gasteiger partial charge in [0.05, 0.1) is 12.8 Å². The highest BCUT2D eigenvalue weighted by Gasteiger charge is 2.11. The van der Waals surface area contributed by atoms with Gasteiger partial charge in [0.15, 0.2) is 5.76 Å². The molecule has 0 fully saturated rings. The van der Waals surface area contributed by atoms with E-state index in [9.17, 15) is 4.79 Å². The Balaban J connectivity index is 2.25. The van der Waals surface area contributed by atoms with Gasteiger partial charge in [-0.25, -0.2) is 4.79 Å². The highest BCUT2D eigenvalue weighted by Crippen LogP contribution is 2.14. The lowest BCUT2D eigenvalue weighted by Gasteiger charge is -1.92. The average molecular weight is 210 g/mol. The lowest BCUT2D eigenvalue weighted by molar-refractivity contribution is 0.274. The van der Waals surface area contributed by atoms with E-state index in [4.69, 9.17) is 13.9 Å². The molecule has 0 unspecified atom stereocenters. The molecule has 0 bridgehead atoms. The van der Waals surface area contributed by atoms with Gasteiger partial charge in [-0.05, 0) is 18.6 Å². The molecule has 2 aromatic rings. The van der Waals surface area contributed by atoms with Gasteiger partial charge in [-0.15, -0.1) is 5.10 Å². The lowest BCUT2D eigenvalue weighted by atomic mass is 10.4. The summed E-state index contributed by atoms with van der Waals surface area (Å²) < 4.78 is 11.1. The summed E-state index contributed by atoms with van der Waals surface area (Å²) in [5, 5.41) is 12.5. The highest BCUT2D eigenvalue weighted by molar-refractivity contribution is 5.42. The Morgan fingerprint density at radius 1 is 1.53 bits per heavy atom. The van der Waals surface area contributed by atoms with Crippen LogP contribution in [0.15, 0.2) is 32.0 Å². The van der Waals surface area contributed by atoms with Crippen molar-refractivity contribution in [1.29, 1.82) is 0 Å². The molecule has 0 spiro atoms. The van der Waals surface area contributed by atoms with Crippen molar-refractivity contribution >= 4 is 0 Å². The molecule has 0 aromatic carbocycles. The van der Waals surface area contributed by atoms with E-state index in [1.54, 1.807) is 12.1 Å². The monoisotopic (exact) mass is 210 g/mol. The molecule has 6 nitrogen and oxygen atoms in total. The lowest BCUT2D eigenvalue weighted by Crippen LogP contribution is -2.16. The molecular weight excluding hydrogens is 200 g/mol. The molecule has 6 heteroatoms. The van der Waals surface area contributed by atoms with Gasteiger partial charge in [0, 0.05) is 6.61 Å². The molecule has 0 amide bonds. The quantitative estimate of drug-likeness (QED) is 0.793. The summed E-state index contributed by atoms with van der Waals surface area (Å²) in [5.41, 5.74) is 0. The summed E-state index contributed by atoms with van der Waals surface area (Å²) in [4.78, 5) is 11.3. The number of aliphatic hydroxyl groups excluding tert-OH is 1. The molecule has 0 atom stereocenters. The second-order valence-corrected chi connectivity index (χ2v) is 2.95. The van der Waals surface area contributed by atoms with Gasteiger partial charge in [-0.3, -0.25) is 0 Å². The minimum Gasteiger partial charge on any atom is -0.459 e. The largest absolute Gasteiger partial charge is 0.459 e. The number of hydrogen-bond acceptors (Lipinski definition) is 5. The predicted octanol–water partition coefficient (Wildman–Crippen LogP) is 0.479. The van der Waals surface area contributed by atoms with Crippen molar-refractivity contribution in [3.05, 3.63) is 28.9 Å². The van der Waals surface area contributed by atoms with Gasteiger partial charge in [0.2, 0.25) is 0 Å². The molecule has 0 aliphatic rings. The van der Waals surface area contributed by atoms with Crippen LogP contribution in [0.5, 0.6) is 0 Å². The number of aromatic nitrogens is 2. The van der Waals surface area contributed by atoms with Gasteiger partial charge in [-0.2, -0.15) is 4.68 Å². The van der Waals surface area contributed by atoms with E-state index in [0.717, 1.165) is 4.68 Å². The van der Waals surface area contributed by atoms with E-state index in [0.29, 0.717) is 18.7 Å². The minimum absolute atomic E-state index is 0.00931. The van der Waals surface area contributed by atoms with Crippen LogP contribution in [0.25, 0.3) is 11.7 Å². The molecule has 2 heterocycles. The SMILES string of the molecule is O=c1oc(-c2ccco2)nn1CCCO. The summed E-state index contributed by atoms with van der Waals surface area (Å²) >= 11 is 0. The summed E-state index contributed by atoms with van der Waals surface area (Å²) in [6, 6.07) is 3.34. The Bertz CT molecular complexity index is 469. The third-order valence-corrected chi connectivity index (χ3v) is 1.87. The molecule has 0 radical (unpaired) electrons. The average Bonchev–Trinajstić information content (AvgIpc) is 2.83. The summed E-state index contributed by atoms with van der Waals surface area (Å²) in [7, 11) is 0. The van der Waals surface area contributed by atoms with Crippen LogP contribution in [0.3, 0.4) is 0 Å². The number of rotatable bonds is 4. The standard InChI is InChI=1S/C9H10N2O4/c12-5-2-4-11-9(13)15-8(10-11)7-3-1-6-14-7/h1,3,6,12H,2,4-5H2. The van der Waals surface area contributed by atoms with Gasteiger partial charge >= 0.3 is 5.76 Å². The molecule has 80 valence electrons. The molecule has 0 aliphatic carbocycles. The number of aryl methyl sites for hydroxylation is 1. The predicted molar refractivity (Wildman–Crippen MR) is 50.2 cm³/mol. The Hall–Kier alpha value is -1.82. The van der Waals surface area contributed by atoms with Crippen molar-refractivity contribution in [2.24, 2.45) is 0 Å². The second-order valence-electron chi connectivity index (χ2n) is 2.95. The van der Waals surface area contributed by atoms with Gasteiger partial charge in [-0.1, -0.05) is 0 Å². The zero-order chi connectivity index (χ0) is 10.7. The van der Waals surface area contributed by atoms with Crippen molar-refractivity contribution in [3.63, 3.8) is 0 Å². The molecule has 2 aromatic heterocycles. The molecule has 0 saturated carbocycles. The Labute approximate surface area is 84.7 Å². The van der Waals surface area contributed by atoms with Gasteiger partial charge in [0.1, 0.15) is 0 Å². The second kappa shape index (κ2) is 4.14. The fourth-order valence-corrected chi connectivity index (χ4v) is 1.17. The molecule has 2 rings (SSSR count). The molecule has 0 saturated heterocycles. The van der Waals surface area contributed by atoms with Crippen molar-refractivity contribution in [2.45, 2.75) is 13.0 Å². The first kappa shape index (κ1) is 9.72. The first-order valence-corrected chi connectivity index (χ1v) is 4.54. The first-order chi connectivity index (χ1) is 7.31. The molecule has 15 heavy (non-hydrogen) atoms. The zero-order valence-electron chi connectivity index (χ0n) is 7.92. The molecule has 0 aliphatic heterocycles. The fourth-order valence-electron chi connectivity index (χ4n) is 1.17. The van der Waals surface area contributed by atoms with Crippen molar-refractivity contribution in [3.8, 4) is 11.7 Å². The van der Waals surface area contributed by atoms with Crippen LogP contribution in [0.1, 0.15) is 6.42 Å². The van der Waals surface area contributed by atoms with E-state index in [2.05, 4.69) is 5.10 Å². The number of hydrogen-bond donors (Lipinski definition) is 1. The Kier molecular flexibility index (Phi) is 2.68. The van der Waals surface area contributed by atoms with Crippen LogP contribution in [0, 0.1) is 0 Å². The highest BCUT2D eigenvalue weighted by atomic mass is 16.4. The minimum atomic E-state index is -0.546. The maximum absolute atomic E-state index is 11.3. The van der Waals surface area contributed by atoms with Crippen LogP contribution < -0.4 is 5.76 Å². The van der Waals surface area contributed by atoms with E-state index in [1.807, 2.05) is 0 Å². The summed E-state index contributed by atoms with van der Waals surface area (Å²) in [5.74, 6) is 0.0210. The first-order valence-electron chi connectivity index (χ1n) is 4.54. The van der Waals surface area contributed by atoms with Crippen LogP contribution in [0.2, 0.25) is 0 Å². The van der Waals surface area contributed by atoms with Crippen molar-refractivity contribution in [1.82, 2.24) is 9.78 Å². The van der Waals surface area contributed by atoms with E-state index < -0.39 is 5.76 Å².